The van der Waals surface area contributed by atoms with Gasteiger partial charge in [-0.25, -0.2) is 0 Å². The second-order valence-corrected chi connectivity index (χ2v) is 13.5. The molecule has 0 saturated carbocycles. The van der Waals surface area contributed by atoms with Crippen molar-refractivity contribution in [3.8, 4) is 45.4 Å². The Morgan fingerprint density at radius 1 is 0.544 bits per heavy atom. The van der Waals surface area contributed by atoms with Crippen LogP contribution < -0.4 is 0 Å². The molecule has 57 heavy (non-hydrogen) atoms. The summed E-state index contributed by atoms with van der Waals surface area (Å²) in [5.74, 6) is 0. The van der Waals surface area contributed by atoms with Gasteiger partial charge < -0.3 is 19.0 Å². The van der Waals surface area contributed by atoms with Gasteiger partial charge in [-0.2, -0.15) is 5.26 Å². The van der Waals surface area contributed by atoms with Gasteiger partial charge in [-0.05, 0) is 64.3 Å². The summed E-state index contributed by atoms with van der Waals surface area (Å²) in [6, 6.07) is 66.1. The molecule has 271 valence electrons. The predicted octanol–water partition coefficient (Wildman–Crippen LogP) is 12.8. The molecule has 0 spiro atoms. The van der Waals surface area contributed by atoms with Crippen molar-refractivity contribution in [1.82, 2.24) is 14.5 Å². The van der Waals surface area contributed by atoms with Crippen molar-refractivity contribution in [3.05, 3.63) is 200 Å². The molecule has 11 rings (SSSR count). The minimum atomic E-state index is 0. The maximum Gasteiger partial charge on any atom is 0.128 e. The molecule has 6 heteroatoms. The average molecular weight is 907 g/mol. The zero-order valence-corrected chi connectivity index (χ0v) is 32.7. The Morgan fingerprint density at radius 2 is 1.32 bits per heavy atom. The smallest absolute Gasteiger partial charge is 0.128 e. The van der Waals surface area contributed by atoms with Gasteiger partial charge >= 0.3 is 0 Å². The Kier molecular flexibility index (Phi) is 9.46. The average Bonchev–Trinajstić information content (AvgIpc) is 3.83. The summed E-state index contributed by atoms with van der Waals surface area (Å²) in [6.45, 7) is 0. The number of rotatable bonds is 4. The van der Waals surface area contributed by atoms with Crippen LogP contribution in [-0.2, 0) is 20.1 Å². The van der Waals surface area contributed by atoms with Crippen LogP contribution in [0.25, 0.3) is 93.8 Å². The van der Waals surface area contributed by atoms with E-state index in [1.54, 1.807) is 6.20 Å². The number of furan rings is 1. The number of fused-ring (bicyclic) bond motifs is 8. The SMILES string of the molecule is N#Cc1ccc2ccc3c4cc[c-]c(-c5cc6c(cn5)c5ccccc5n6-c5ccc(-c6ccccc6)cc5)c4oc3c2c1.[Ir].[c-]1ccccc1-c1ccccn1. The largest absolute Gasteiger partial charge is 0.500 e. The van der Waals surface area contributed by atoms with Crippen LogP contribution in [0.3, 0.4) is 0 Å². The van der Waals surface area contributed by atoms with E-state index in [4.69, 9.17) is 9.40 Å². The Morgan fingerprint density at radius 3 is 2.12 bits per heavy atom. The van der Waals surface area contributed by atoms with Gasteiger partial charge in [0.25, 0.3) is 0 Å². The van der Waals surface area contributed by atoms with Crippen molar-refractivity contribution >= 4 is 54.5 Å². The molecular formula is C51H30IrN4O-2. The van der Waals surface area contributed by atoms with Crippen LogP contribution in [0.15, 0.2) is 187 Å². The van der Waals surface area contributed by atoms with E-state index < -0.39 is 0 Å². The molecule has 0 aliphatic heterocycles. The molecule has 0 N–H and O–H groups in total. The van der Waals surface area contributed by atoms with Crippen LogP contribution in [0, 0.1) is 23.5 Å². The summed E-state index contributed by atoms with van der Waals surface area (Å²) in [5.41, 5.74) is 11.4. The van der Waals surface area contributed by atoms with E-state index in [9.17, 15) is 5.26 Å². The van der Waals surface area contributed by atoms with E-state index in [0.717, 1.165) is 82.7 Å². The van der Waals surface area contributed by atoms with Gasteiger partial charge in [-0.1, -0.05) is 108 Å². The first kappa shape index (κ1) is 35.5. The van der Waals surface area contributed by atoms with E-state index in [0.29, 0.717) is 5.56 Å². The maximum atomic E-state index is 9.52. The fraction of sp³-hybridized carbons (Fsp3) is 0. The normalized spacial score (nSPS) is 11.0. The van der Waals surface area contributed by atoms with Gasteiger partial charge in [0.1, 0.15) is 5.58 Å². The second kappa shape index (κ2) is 15.2. The topological polar surface area (TPSA) is 67.6 Å². The van der Waals surface area contributed by atoms with Crippen LogP contribution in [0.4, 0.5) is 0 Å². The molecule has 5 nitrogen and oxygen atoms in total. The van der Waals surface area contributed by atoms with E-state index in [1.165, 1.54) is 11.1 Å². The van der Waals surface area contributed by atoms with Crippen LogP contribution >= 0.6 is 0 Å². The number of para-hydroxylation sites is 1. The van der Waals surface area contributed by atoms with E-state index in [-0.39, 0.29) is 20.1 Å². The fourth-order valence-corrected chi connectivity index (χ4v) is 7.57. The van der Waals surface area contributed by atoms with E-state index in [2.05, 4.69) is 119 Å². The van der Waals surface area contributed by atoms with Crippen molar-refractivity contribution in [2.75, 3.05) is 0 Å². The number of nitriles is 1. The van der Waals surface area contributed by atoms with Crippen LogP contribution in [0.1, 0.15) is 5.56 Å². The van der Waals surface area contributed by atoms with Crippen LogP contribution in [0.5, 0.6) is 0 Å². The summed E-state index contributed by atoms with van der Waals surface area (Å²) in [4.78, 5) is 9.17. The Balaban J connectivity index is 0.000000279. The number of nitrogens with zero attached hydrogens (tertiary/aromatic N) is 4. The molecule has 0 amide bonds. The number of hydrogen-bond donors (Lipinski definition) is 0. The van der Waals surface area contributed by atoms with E-state index >= 15 is 0 Å². The van der Waals surface area contributed by atoms with Gasteiger partial charge in [0.05, 0.1) is 22.7 Å². The summed E-state index contributed by atoms with van der Waals surface area (Å²) < 4.78 is 8.91. The molecule has 0 aliphatic rings. The summed E-state index contributed by atoms with van der Waals surface area (Å²) in [7, 11) is 0. The third-order valence-corrected chi connectivity index (χ3v) is 10.2. The zero-order chi connectivity index (χ0) is 37.4. The van der Waals surface area contributed by atoms with Crippen molar-refractivity contribution in [1.29, 1.82) is 5.26 Å². The quantitative estimate of drug-likeness (QED) is 0.165. The summed E-state index contributed by atoms with van der Waals surface area (Å²) in [6.07, 6.45) is 3.75. The second-order valence-electron chi connectivity index (χ2n) is 13.5. The molecule has 1 radical (unpaired) electrons. The predicted molar refractivity (Wildman–Crippen MR) is 226 cm³/mol. The molecule has 0 unspecified atom stereocenters. The van der Waals surface area contributed by atoms with Gasteiger partial charge in [-0.15, -0.1) is 54.1 Å². The third kappa shape index (κ3) is 6.45. The summed E-state index contributed by atoms with van der Waals surface area (Å²) >= 11 is 0. The van der Waals surface area contributed by atoms with Crippen LogP contribution in [0.2, 0.25) is 0 Å². The van der Waals surface area contributed by atoms with Gasteiger partial charge in [0.15, 0.2) is 0 Å². The summed E-state index contributed by atoms with van der Waals surface area (Å²) in [5, 5.41) is 15.7. The first-order valence-corrected chi connectivity index (χ1v) is 18.4. The molecule has 0 saturated heterocycles. The fourth-order valence-electron chi connectivity index (χ4n) is 7.57. The first-order chi connectivity index (χ1) is 27.7. The van der Waals surface area contributed by atoms with Crippen molar-refractivity contribution in [2.24, 2.45) is 0 Å². The Hall–Kier alpha value is -7.16. The number of benzene rings is 7. The van der Waals surface area contributed by atoms with Crippen molar-refractivity contribution in [3.63, 3.8) is 0 Å². The Bertz CT molecular complexity index is 3200. The standard InChI is InChI=1S/C40H22N3O.C11H8N.Ir/c41-23-25-13-14-28-17-20-32-31-10-6-11-33(39(31)44-40(32)34(28)21-25)36-22-38-35(24-42-36)30-9-4-5-12-37(30)43(38)29-18-15-27(16-19-29)26-7-2-1-3-8-26;1-2-6-10(7-3-1)11-8-4-5-9-12-11;/h1-10,12-22,24H;1-6,8-9H;/q2*-1;. The van der Waals surface area contributed by atoms with Gasteiger partial charge in [-0.3, -0.25) is 0 Å². The van der Waals surface area contributed by atoms with Crippen LogP contribution in [-0.4, -0.2) is 14.5 Å². The van der Waals surface area contributed by atoms with E-state index in [1.807, 2.05) is 85.1 Å². The molecule has 7 aromatic carbocycles. The molecule has 0 bridgehead atoms. The van der Waals surface area contributed by atoms with Crippen molar-refractivity contribution in [2.45, 2.75) is 0 Å². The molecule has 4 heterocycles. The number of hydrogen-bond acceptors (Lipinski definition) is 4. The molecule has 11 aromatic rings. The monoisotopic (exact) mass is 907 g/mol. The third-order valence-electron chi connectivity index (χ3n) is 10.2. The number of pyridine rings is 2. The Labute approximate surface area is 342 Å². The maximum absolute atomic E-state index is 9.52. The van der Waals surface area contributed by atoms with Crippen molar-refractivity contribution < 1.29 is 24.5 Å². The zero-order valence-electron chi connectivity index (χ0n) is 30.4. The van der Waals surface area contributed by atoms with Gasteiger partial charge in [0.2, 0.25) is 0 Å². The molecule has 0 atom stereocenters. The first-order valence-electron chi connectivity index (χ1n) is 18.4. The molecule has 4 aromatic heterocycles. The minimum Gasteiger partial charge on any atom is -0.500 e. The van der Waals surface area contributed by atoms with Gasteiger partial charge in [0, 0.05) is 65.2 Å². The number of aromatic nitrogens is 3. The molecular weight excluding hydrogens is 877 g/mol. The molecule has 0 aliphatic carbocycles. The molecule has 0 fully saturated rings. The minimum absolute atomic E-state index is 0.